The normalized spacial score (nSPS) is 11.0. The number of ether oxygens (including phenoxy) is 1. The average Bonchev–Trinajstić information content (AvgIpc) is 3.98. The summed E-state index contributed by atoms with van der Waals surface area (Å²) >= 11 is 0. The average molecular weight is 665 g/mol. The smallest absolute Gasteiger partial charge is 0.256 e. The molecule has 0 aliphatic heterocycles. The van der Waals surface area contributed by atoms with E-state index in [1.54, 1.807) is 67.3 Å². The van der Waals surface area contributed by atoms with Crippen molar-refractivity contribution in [2.45, 2.75) is 20.0 Å². The van der Waals surface area contributed by atoms with E-state index < -0.39 is 0 Å². The summed E-state index contributed by atoms with van der Waals surface area (Å²) in [5.74, 6) is 1.48. The van der Waals surface area contributed by atoms with Crippen LogP contribution in [0.4, 0.5) is 5.69 Å². The van der Waals surface area contributed by atoms with Gasteiger partial charge in [-0.25, -0.2) is 4.85 Å². The third kappa shape index (κ3) is 7.30. The molecular weight excluding hydrogens is 636 g/mol. The molecule has 4 aromatic heterocycles. The predicted octanol–water partition coefficient (Wildman–Crippen LogP) is 9.32. The van der Waals surface area contributed by atoms with Gasteiger partial charge in [0.15, 0.2) is 5.84 Å². The molecule has 0 atom stereocenters. The molecular formula is C38H28N6O6. The van der Waals surface area contributed by atoms with Crippen LogP contribution in [-0.2, 0) is 0 Å². The first-order chi connectivity index (χ1) is 24.3. The molecule has 0 spiro atoms. The summed E-state index contributed by atoms with van der Waals surface area (Å²) < 4.78 is 26.6. The van der Waals surface area contributed by atoms with Gasteiger partial charge in [0.2, 0.25) is 11.5 Å². The van der Waals surface area contributed by atoms with Crippen LogP contribution >= 0.6 is 0 Å². The van der Waals surface area contributed by atoms with E-state index in [1.165, 1.54) is 0 Å². The maximum absolute atomic E-state index is 8.55. The molecule has 0 aliphatic rings. The lowest BCUT2D eigenvalue weighted by Crippen LogP contribution is -2.12. The van der Waals surface area contributed by atoms with Crippen molar-refractivity contribution in [3.05, 3.63) is 132 Å². The summed E-state index contributed by atoms with van der Waals surface area (Å²) in [5.41, 5.74) is 11.1. The number of nitrogens with zero attached hydrogens (tertiary/aromatic N) is 5. The van der Waals surface area contributed by atoms with Crippen LogP contribution < -0.4 is 10.5 Å². The number of rotatable bonds is 5. The minimum absolute atomic E-state index is 0.00537. The van der Waals surface area contributed by atoms with E-state index in [4.69, 9.17) is 45.3 Å². The van der Waals surface area contributed by atoms with Gasteiger partial charge in [0, 0.05) is 32.8 Å². The van der Waals surface area contributed by atoms with Crippen molar-refractivity contribution in [1.82, 2.24) is 10.1 Å². The highest BCUT2D eigenvalue weighted by Gasteiger charge is 2.15. The molecule has 0 aliphatic carbocycles. The third-order valence-electron chi connectivity index (χ3n) is 7.26. The fourth-order valence-corrected chi connectivity index (χ4v) is 4.88. The maximum Gasteiger partial charge on any atom is 0.256 e. The van der Waals surface area contributed by atoms with Gasteiger partial charge in [0.25, 0.3) is 5.89 Å². The van der Waals surface area contributed by atoms with Crippen molar-refractivity contribution >= 4 is 44.4 Å². The number of amidine groups is 1. The van der Waals surface area contributed by atoms with Gasteiger partial charge in [0.05, 0.1) is 43.1 Å². The summed E-state index contributed by atoms with van der Waals surface area (Å²) in [6.07, 6.45) is 4.85. The van der Waals surface area contributed by atoms with Crippen LogP contribution in [0, 0.1) is 17.9 Å². The minimum Gasteiger partial charge on any atom is -0.502 e. The van der Waals surface area contributed by atoms with Crippen molar-refractivity contribution in [2.24, 2.45) is 10.9 Å². The zero-order chi connectivity index (χ0) is 35.0. The number of hydrogen-bond donors (Lipinski definition) is 2. The lowest BCUT2D eigenvalue weighted by Gasteiger charge is -2.11. The van der Waals surface area contributed by atoms with E-state index in [-0.39, 0.29) is 11.9 Å². The monoisotopic (exact) mass is 664 g/mol. The van der Waals surface area contributed by atoms with Gasteiger partial charge in [-0.05, 0) is 105 Å². The molecule has 3 N–H and O–H groups in total. The van der Waals surface area contributed by atoms with Crippen LogP contribution in [0.2, 0.25) is 0 Å². The second-order valence-corrected chi connectivity index (χ2v) is 11.0. The predicted molar refractivity (Wildman–Crippen MR) is 187 cm³/mol. The van der Waals surface area contributed by atoms with Crippen LogP contribution in [0.1, 0.15) is 25.0 Å². The number of nitrogens with two attached hydrogens (primary N) is 1. The first-order valence-electron chi connectivity index (χ1n) is 15.2. The van der Waals surface area contributed by atoms with Gasteiger partial charge < -0.3 is 33.5 Å². The zero-order valence-electron chi connectivity index (χ0n) is 26.8. The van der Waals surface area contributed by atoms with E-state index in [9.17, 15) is 0 Å². The molecule has 8 rings (SSSR count). The van der Waals surface area contributed by atoms with Crippen LogP contribution in [0.15, 0.2) is 133 Å². The summed E-state index contributed by atoms with van der Waals surface area (Å²) in [6.45, 7) is 11.2. The Morgan fingerprint density at radius 2 is 1.46 bits per heavy atom. The van der Waals surface area contributed by atoms with E-state index in [0.29, 0.717) is 39.8 Å². The molecule has 0 bridgehead atoms. The SMILES string of the molecule is N#Cc1ccc2occc2c1.NC(=NO)c1ccc2occc2c1.[C-]#[N+]c1cc(-c2nc(-c3ccc4occc4c3)no2)ccc1OC(C)C. The Labute approximate surface area is 285 Å². The van der Waals surface area contributed by atoms with Gasteiger partial charge in [-0.3, -0.25) is 0 Å². The highest BCUT2D eigenvalue weighted by molar-refractivity contribution is 6.00. The van der Waals surface area contributed by atoms with Crippen molar-refractivity contribution in [1.29, 1.82) is 5.26 Å². The standard InChI is InChI=1S/C20H15N3O3.C9H8N2O2.C9H5NO/c1-12(2)25-18-7-5-15(11-16(18)21-3)20-22-19(23-26-20)14-4-6-17-13(10-14)8-9-24-17;10-9(11-12)7-1-2-8-6(5-7)3-4-13-8;10-6-7-1-2-9-8(5-7)3-4-11-9/h4-12H,1-2H3;1-5,12H,(H2,10,11);1-5H. The second-order valence-electron chi connectivity index (χ2n) is 11.0. The quantitative estimate of drug-likeness (QED) is 0.0593. The Morgan fingerprint density at radius 3 is 2.10 bits per heavy atom. The van der Waals surface area contributed by atoms with Gasteiger partial charge >= 0.3 is 0 Å². The number of oxime groups is 1. The molecule has 8 aromatic rings. The topological polar surface area (TPSA) is 174 Å². The Morgan fingerprint density at radius 1 is 0.840 bits per heavy atom. The van der Waals surface area contributed by atoms with Crippen molar-refractivity contribution in [3.8, 4) is 34.7 Å². The molecule has 0 fully saturated rings. The number of aromatic nitrogens is 2. The van der Waals surface area contributed by atoms with Gasteiger partial charge in [-0.1, -0.05) is 10.3 Å². The number of hydrogen-bond acceptors (Lipinski definition) is 10. The fraction of sp³-hybridized carbons (Fsp3) is 0.0789. The maximum atomic E-state index is 8.55. The molecule has 0 saturated carbocycles. The summed E-state index contributed by atoms with van der Waals surface area (Å²) in [6, 6.07) is 29.2. The zero-order valence-corrected chi connectivity index (χ0v) is 26.8. The molecule has 12 nitrogen and oxygen atoms in total. The van der Waals surface area contributed by atoms with Crippen LogP contribution in [0.25, 0.3) is 60.6 Å². The first-order valence-corrected chi connectivity index (χ1v) is 15.2. The molecule has 4 aromatic carbocycles. The summed E-state index contributed by atoms with van der Waals surface area (Å²) in [7, 11) is 0. The van der Waals surface area contributed by atoms with Gasteiger partial charge in [0.1, 0.15) is 22.5 Å². The second kappa shape index (κ2) is 14.6. The molecule has 4 heterocycles. The molecule has 0 saturated heterocycles. The third-order valence-corrected chi connectivity index (χ3v) is 7.26. The summed E-state index contributed by atoms with van der Waals surface area (Å²) in [4.78, 5) is 7.98. The van der Waals surface area contributed by atoms with Crippen molar-refractivity contribution in [3.63, 3.8) is 0 Å². The highest BCUT2D eigenvalue weighted by atomic mass is 16.5. The molecule has 0 unspecified atom stereocenters. The first kappa shape index (κ1) is 32.6. The lowest BCUT2D eigenvalue weighted by atomic mass is 10.1. The van der Waals surface area contributed by atoms with Gasteiger partial charge in [-0.2, -0.15) is 10.2 Å². The number of nitriles is 1. The molecule has 0 radical (unpaired) electrons. The molecule has 0 amide bonds. The van der Waals surface area contributed by atoms with Crippen molar-refractivity contribution < 1.29 is 27.7 Å². The molecule has 50 heavy (non-hydrogen) atoms. The van der Waals surface area contributed by atoms with Gasteiger partial charge in [-0.15, -0.1) is 0 Å². The Bertz CT molecular complexity index is 2520. The highest BCUT2D eigenvalue weighted by Crippen LogP contribution is 2.34. The lowest BCUT2D eigenvalue weighted by molar-refractivity contribution is 0.244. The number of fused-ring (bicyclic) bond motifs is 3. The Hall–Kier alpha value is -7.31. The van der Waals surface area contributed by atoms with Crippen molar-refractivity contribution in [2.75, 3.05) is 0 Å². The molecule has 12 heteroatoms. The van der Waals surface area contributed by atoms with E-state index >= 15 is 0 Å². The fourth-order valence-electron chi connectivity index (χ4n) is 4.88. The van der Waals surface area contributed by atoms with Crippen LogP contribution in [-0.4, -0.2) is 27.3 Å². The molecule has 246 valence electrons. The summed E-state index contributed by atoms with van der Waals surface area (Å²) in [5, 5.41) is 26.9. The van der Waals surface area contributed by atoms with E-state index in [1.807, 2.05) is 56.3 Å². The van der Waals surface area contributed by atoms with E-state index in [2.05, 4.69) is 26.2 Å². The number of furan rings is 3. The van der Waals surface area contributed by atoms with E-state index in [0.717, 1.165) is 38.5 Å². The van der Waals surface area contributed by atoms with Crippen LogP contribution in [0.5, 0.6) is 5.75 Å². The minimum atomic E-state index is -0.00537. The Balaban J connectivity index is 0.000000149. The number of benzene rings is 4. The Kier molecular flexibility index (Phi) is 9.55. The largest absolute Gasteiger partial charge is 0.502 e. The van der Waals surface area contributed by atoms with Crippen LogP contribution in [0.3, 0.4) is 0 Å².